The average molecular weight is 302 g/mol. The molecule has 7 heteroatoms. The second-order valence-electron chi connectivity index (χ2n) is 4.50. The van der Waals surface area contributed by atoms with Crippen LogP contribution in [0.4, 0.5) is 0 Å². The largest absolute Gasteiger partial charge is 0.502 e. The van der Waals surface area contributed by atoms with Gasteiger partial charge in [-0.2, -0.15) is 5.10 Å². The van der Waals surface area contributed by atoms with E-state index in [1.165, 1.54) is 6.07 Å². The molecular weight excluding hydrogens is 288 g/mol. The van der Waals surface area contributed by atoms with Crippen molar-refractivity contribution in [2.45, 2.75) is 6.42 Å². The number of carboxylic acids is 1. The van der Waals surface area contributed by atoms with Crippen LogP contribution in [0.1, 0.15) is 21.7 Å². The van der Waals surface area contributed by atoms with Crippen molar-refractivity contribution in [2.24, 2.45) is 0 Å². The normalized spacial score (nSPS) is 11.2. The minimum atomic E-state index is -1.56. The van der Waals surface area contributed by atoms with Crippen LogP contribution in [0.2, 0.25) is 0 Å². The molecule has 0 aliphatic carbocycles. The number of ether oxygens (including phenoxy) is 1. The van der Waals surface area contributed by atoms with Crippen LogP contribution in [-0.2, 0) is 11.2 Å². The number of nitrogens with zero attached hydrogens (tertiary/aromatic N) is 1. The van der Waals surface area contributed by atoms with Crippen LogP contribution in [-0.4, -0.2) is 39.3 Å². The number of nitrogens with one attached hydrogen (secondary N) is 1. The fraction of sp³-hybridized carbons (Fsp3) is 0.133. The number of rotatable bonds is 6. The molecule has 3 N–H and O–H groups in total. The van der Waals surface area contributed by atoms with Gasteiger partial charge < -0.3 is 14.9 Å². The third kappa shape index (κ3) is 3.72. The van der Waals surface area contributed by atoms with Gasteiger partial charge in [0.25, 0.3) is 0 Å². The molecular formula is C15H14N2O5. The Bertz CT molecular complexity index is 716. The second-order valence-corrected chi connectivity index (χ2v) is 4.50. The highest BCUT2D eigenvalue weighted by Crippen LogP contribution is 2.14. The molecule has 0 radical (unpaired) electrons. The van der Waals surface area contributed by atoms with E-state index in [9.17, 15) is 9.59 Å². The fourth-order valence-corrected chi connectivity index (χ4v) is 1.80. The Morgan fingerprint density at radius 3 is 2.55 bits per heavy atom. The summed E-state index contributed by atoms with van der Waals surface area (Å²) in [7, 11) is 1.58. The van der Waals surface area contributed by atoms with E-state index in [1.54, 1.807) is 7.11 Å². The maximum absolute atomic E-state index is 11.7. The van der Waals surface area contributed by atoms with Crippen LogP contribution < -0.4 is 4.74 Å². The number of hydrogen-bond donors (Lipinski definition) is 3. The number of aromatic amines is 1. The molecule has 2 aromatic rings. The molecule has 0 aliphatic heterocycles. The van der Waals surface area contributed by atoms with Crippen LogP contribution in [0, 0.1) is 0 Å². The lowest BCUT2D eigenvalue weighted by molar-refractivity contribution is -0.135. The number of ketones is 1. The number of carboxylic acid groups (broad SMARTS) is 1. The van der Waals surface area contributed by atoms with Crippen molar-refractivity contribution in [3.8, 4) is 5.75 Å². The zero-order chi connectivity index (χ0) is 16.1. The van der Waals surface area contributed by atoms with Gasteiger partial charge in [-0.15, -0.1) is 0 Å². The molecule has 0 saturated heterocycles. The molecule has 0 spiro atoms. The summed E-state index contributed by atoms with van der Waals surface area (Å²) < 4.78 is 5.07. The van der Waals surface area contributed by atoms with Crippen LogP contribution in [0.5, 0.6) is 5.75 Å². The van der Waals surface area contributed by atoms with E-state index >= 15 is 0 Å². The number of benzene rings is 1. The van der Waals surface area contributed by atoms with Gasteiger partial charge in [0.1, 0.15) is 11.4 Å². The minimum Gasteiger partial charge on any atom is -0.502 e. The zero-order valence-electron chi connectivity index (χ0n) is 11.7. The van der Waals surface area contributed by atoms with Gasteiger partial charge in [0.05, 0.1) is 12.8 Å². The summed E-state index contributed by atoms with van der Waals surface area (Å²) in [5, 5.41) is 24.1. The smallest absolute Gasteiger partial charge is 0.371 e. The van der Waals surface area contributed by atoms with Gasteiger partial charge in [-0.25, -0.2) is 4.79 Å². The molecule has 0 saturated carbocycles. The highest BCUT2D eigenvalue weighted by molar-refractivity contribution is 6.06. The summed E-state index contributed by atoms with van der Waals surface area (Å²) >= 11 is 0. The van der Waals surface area contributed by atoms with Gasteiger partial charge in [0.15, 0.2) is 0 Å². The number of allylic oxidation sites excluding steroid dienone is 1. The molecule has 2 rings (SSSR count). The van der Waals surface area contributed by atoms with E-state index in [0.29, 0.717) is 18.2 Å². The number of methoxy groups -OCH3 is 1. The molecule has 7 nitrogen and oxygen atoms in total. The first-order valence-electron chi connectivity index (χ1n) is 6.35. The van der Waals surface area contributed by atoms with Crippen molar-refractivity contribution in [3.05, 3.63) is 59.1 Å². The first-order valence-corrected chi connectivity index (χ1v) is 6.35. The van der Waals surface area contributed by atoms with E-state index in [-0.39, 0.29) is 5.69 Å². The lowest BCUT2D eigenvalue weighted by Gasteiger charge is -2.01. The van der Waals surface area contributed by atoms with E-state index in [0.717, 1.165) is 11.3 Å². The molecule has 114 valence electrons. The Balaban J connectivity index is 2.09. The predicted octanol–water partition coefficient (Wildman–Crippen LogP) is 1.72. The van der Waals surface area contributed by atoms with Gasteiger partial charge in [-0.3, -0.25) is 9.89 Å². The monoisotopic (exact) mass is 302 g/mol. The van der Waals surface area contributed by atoms with Gasteiger partial charge in [-0.05, 0) is 23.8 Å². The van der Waals surface area contributed by atoms with E-state index in [1.807, 2.05) is 24.3 Å². The maximum Gasteiger partial charge on any atom is 0.371 e. The molecule has 0 aliphatic rings. The molecule has 0 bridgehead atoms. The molecule has 0 fully saturated rings. The van der Waals surface area contributed by atoms with Crippen LogP contribution in [0.15, 0.2) is 42.2 Å². The molecule has 0 unspecified atom stereocenters. The third-order valence-electron chi connectivity index (χ3n) is 2.93. The van der Waals surface area contributed by atoms with Crippen molar-refractivity contribution in [1.82, 2.24) is 10.2 Å². The van der Waals surface area contributed by atoms with Gasteiger partial charge >= 0.3 is 5.97 Å². The fourth-order valence-electron chi connectivity index (χ4n) is 1.80. The van der Waals surface area contributed by atoms with E-state index < -0.39 is 17.5 Å². The summed E-state index contributed by atoms with van der Waals surface area (Å²) in [6.07, 6.45) is 1.13. The Hall–Kier alpha value is -3.09. The van der Waals surface area contributed by atoms with Gasteiger partial charge in [0.2, 0.25) is 11.5 Å². The quantitative estimate of drug-likeness (QED) is 0.425. The molecule has 1 heterocycles. The third-order valence-corrected chi connectivity index (χ3v) is 2.93. The summed E-state index contributed by atoms with van der Waals surface area (Å²) in [6, 6.07) is 8.91. The lowest BCUT2D eigenvalue weighted by Crippen LogP contribution is -2.04. The molecule has 1 aromatic carbocycles. The molecule has 22 heavy (non-hydrogen) atoms. The van der Waals surface area contributed by atoms with Crippen molar-refractivity contribution >= 4 is 11.8 Å². The molecule has 0 amide bonds. The van der Waals surface area contributed by atoms with Crippen LogP contribution in [0.3, 0.4) is 0 Å². The summed E-state index contributed by atoms with van der Waals surface area (Å²) in [5.41, 5.74) is 1.71. The zero-order valence-corrected chi connectivity index (χ0v) is 11.7. The first-order chi connectivity index (χ1) is 10.5. The Morgan fingerprint density at radius 2 is 1.95 bits per heavy atom. The number of H-pyrrole nitrogens is 1. The highest BCUT2D eigenvalue weighted by Gasteiger charge is 2.12. The van der Waals surface area contributed by atoms with Crippen molar-refractivity contribution in [3.63, 3.8) is 0 Å². The summed E-state index contributed by atoms with van der Waals surface area (Å²) in [4.78, 5) is 22.2. The maximum atomic E-state index is 11.7. The summed E-state index contributed by atoms with van der Waals surface area (Å²) in [6.45, 7) is 0. The number of carbonyl (C=O) groups is 2. The number of aliphatic hydroxyl groups is 1. The van der Waals surface area contributed by atoms with Gasteiger partial charge in [-0.1, -0.05) is 12.1 Å². The number of aromatic nitrogens is 2. The SMILES string of the molecule is COc1ccc(Cc2cc(C(=O)C=C(O)C(=O)O)[nH]n2)cc1. The molecule has 0 atom stereocenters. The summed E-state index contributed by atoms with van der Waals surface area (Å²) in [5.74, 6) is -2.49. The standard InChI is InChI=1S/C15H14N2O5/c1-22-11-4-2-9(3-5-11)6-10-7-12(17-16-10)13(18)8-14(19)15(20)21/h2-5,7-8,19H,6H2,1H3,(H,16,17)(H,20,21). The second kappa shape index (κ2) is 6.57. The minimum absolute atomic E-state index is 0.108. The number of hydrogen-bond acceptors (Lipinski definition) is 5. The van der Waals surface area contributed by atoms with Gasteiger partial charge in [0, 0.05) is 12.5 Å². The Labute approximate surface area is 125 Å². The lowest BCUT2D eigenvalue weighted by atomic mass is 10.1. The first kappa shape index (κ1) is 15.3. The number of aliphatic hydroxyl groups excluding tert-OH is 1. The number of carbonyl (C=O) groups excluding carboxylic acids is 1. The average Bonchev–Trinajstić information content (AvgIpc) is 2.96. The van der Waals surface area contributed by atoms with Crippen molar-refractivity contribution in [1.29, 1.82) is 0 Å². The Morgan fingerprint density at radius 1 is 1.27 bits per heavy atom. The van der Waals surface area contributed by atoms with Crippen molar-refractivity contribution < 1.29 is 24.5 Å². The topological polar surface area (TPSA) is 113 Å². The van der Waals surface area contributed by atoms with E-state index in [2.05, 4.69) is 10.2 Å². The van der Waals surface area contributed by atoms with Crippen LogP contribution in [0.25, 0.3) is 0 Å². The van der Waals surface area contributed by atoms with Crippen molar-refractivity contribution in [2.75, 3.05) is 7.11 Å². The Kier molecular flexibility index (Phi) is 4.57. The molecule has 1 aromatic heterocycles. The van der Waals surface area contributed by atoms with Crippen LogP contribution >= 0.6 is 0 Å². The predicted molar refractivity (Wildman–Crippen MR) is 77.1 cm³/mol. The highest BCUT2D eigenvalue weighted by atomic mass is 16.5. The number of aliphatic carboxylic acids is 1. The van der Waals surface area contributed by atoms with E-state index in [4.69, 9.17) is 14.9 Å².